The van der Waals surface area contributed by atoms with Crippen LogP contribution in [0.15, 0.2) is 24.3 Å². The molecule has 2 atom stereocenters. The fourth-order valence-corrected chi connectivity index (χ4v) is 3.49. The summed E-state index contributed by atoms with van der Waals surface area (Å²) in [4.78, 5) is 0. The molecule has 0 aliphatic carbocycles. The van der Waals surface area contributed by atoms with Crippen LogP contribution in [0.25, 0.3) is 0 Å². The SMILES string of the molecule is COc1cccc(CC(O)[C@H](O[SiH](C)C)C(C)(C)C)c1. The fraction of sp³-hybridized carbons (Fsp3) is 0.625. The van der Waals surface area contributed by atoms with E-state index in [0.717, 1.165) is 11.3 Å². The summed E-state index contributed by atoms with van der Waals surface area (Å²) < 4.78 is 11.3. The van der Waals surface area contributed by atoms with Gasteiger partial charge in [0.15, 0.2) is 9.04 Å². The molecule has 0 aliphatic rings. The second-order valence-corrected chi connectivity index (χ2v) is 8.96. The topological polar surface area (TPSA) is 38.7 Å². The molecular weight excluding hydrogens is 268 g/mol. The van der Waals surface area contributed by atoms with Gasteiger partial charge in [0, 0.05) is 6.42 Å². The number of hydrogen-bond acceptors (Lipinski definition) is 3. The molecule has 4 heteroatoms. The van der Waals surface area contributed by atoms with Crippen LogP contribution in [-0.4, -0.2) is 33.5 Å². The highest BCUT2D eigenvalue weighted by Gasteiger charge is 2.32. The van der Waals surface area contributed by atoms with Gasteiger partial charge in [0.05, 0.1) is 19.3 Å². The Hall–Kier alpha value is -0.843. The standard InChI is InChI=1S/C16H28O3Si/c1-16(2,3)15(19-20(5)6)14(17)11-12-8-7-9-13(10-12)18-4/h7-10,14-15,17,20H,11H2,1-6H3/t14?,15-/m0/s1. The summed E-state index contributed by atoms with van der Waals surface area (Å²) in [5, 5.41) is 10.6. The molecular formula is C16H28O3Si. The Balaban J connectivity index is 2.81. The number of rotatable bonds is 6. The van der Waals surface area contributed by atoms with Gasteiger partial charge in [-0.25, -0.2) is 0 Å². The molecule has 0 heterocycles. The first kappa shape index (κ1) is 17.2. The molecule has 0 aromatic heterocycles. The van der Waals surface area contributed by atoms with Crippen molar-refractivity contribution in [1.29, 1.82) is 0 Å². The van der Waals surface area contributed by atoms with Crippen molar-refractivity contribution in [2.45, 2.75) is 52.5 Å². The predicted octanol–water partition coefficient (Wildman–Crippen LogP) is 3.01. The minimum atomic E-state index is -1.19. The van der Waals surface area contributed by atoms with Crippen molar-refractivity contribution in [3.8, 4) is 5.75 Å². The zero-order chi connectivity index (χ0) is 15.3. The Morgan fingerprint density at radius 3 is 2.40 bits per heavy atom. The number of aliphatic hydroxyl groups is 1. The molecule has 3 nitrogen and oxygen atoms in total. The van der Waals surface area contributed by atoms with Crippen molar-refractivity contribution in [1.82, 2.24) is 0 Å². The van der Waals surface area contributed by atoms with Crippen LogP contribution in [-0.2, 0) is 10.8 Å². The minimum absolute atomic E-state index is 0.0739. The zero-order valence-corrected chi connectivity index (χ0v) is 14.7. The molecule has 20 heavy (non-hydrogen) atoms. The monoisotopic (exact) mass is 296 g/mol. The lowest BCUT2D eigenvalue weighted by atomic mass is 9.84. The summed E-state index contributed by atoms with van der Waals surface area (Å²) in [6, 6.07) is 7.84. The molecule has 114 valence electrons. The van der Waals surface area contributed by atoms with Crippen molar-refractivity contribution in [3.63, 3.8) is 0 Å². The van der Waals surface area contributed by atoms with E-state index >= 15 is 0 Å². The fourth-order valence-electron chi connectivity index (χ4n) is 2.31. The largest absolute Gasteiger partial charge is 0.497 e. The van der Waals surface area contributed by atoms with E-state index in [9.17, 15) is 5.11 Å². The van der Waals surface area contributed by atoms with Crippen molar-refractivity contribution in [3.05, 3.63) is 29.8 Å². The maximum atomic E-state index is 10.6. The quantitative estimate of drug-likeness (QED) is 0.820. The molecule has 1 aromatic carbocycles. The Morgan fingerprint density at radius 1 is 1.25 bits per heavy atom. The zero-order valence-electron chi connectivity index (χ0n) is 13.5. The smallest absolute Gasteiger partial charge is 0.171 e. The Morgan fingerprint density at radius 2 is 1.90 bits per heavy atom. The first-order valence-electron chi connectivity index (χ1n) is 7.20. The van der Waals surface area contributed by atoms with Gasteiger partial charge in [-0.05, 0) is 36.2 Å². The van der Waals surface area contributed by atoms with Gasteiger partial charge >= 0.3 is 0 Å². The van der Waals surface area contributed by atoms with E-state index in [0.29, 0.717) is 6.42 Å². The highest BCUT2D eigenvalue weighted by molar-refractivity contribution is 6.48. The van der Waals surface area contributed by atoms with E-state index in [2.05, 4.69) is 33.9 Å². The molecule has 0 bridgehead atoms. The van der Waals surface area contributed by atoms with E-state index in [4.69, 9.17) is 9.16 Å². The summed E-state index contributed by atoms with van der Waals surface area (Å²) in [7, 11) is 0.461. The summed E-state index contributed by atoms with van der Waals surface area (Å²) in [5.74, 6) is 0.821. The molecule has 0 fully saturated rings. The lowest BCUT2D eigenvalue weighted by molar-refractivity contribution is -0.0276. The maximum absolute atomic E-state index is 10.6. The van der Waals surface area contributed by atoms with E-state index in [1.807, 2.05) is 24.3 Å². The number of ether oxygens (including phenoxy) is 1. The maximum Gasteiger partial charge on any atom is 0.171 e. The highest BCUT2D eigenvalue weighted by Crippen LogP contribution is 2.28. The van der Waals surface area contributed by atoms with Crippen LogP contribution in [0.3, 0.4) is 0 Å². The van der Waals surface area contributed by atoms with Gasteiger partial charge in [-0.15, -0.1) is 0 Å². The summed E-state index contributed by atoms with van der Waals surface area (Å²) in [6.07, 6.45) is -0.0577. The molecule has 1 rings (SSSR count). The van der Waals surface area contributed by atoms with Crippen molar-refractivity contribution < 1.29 is 14.3 Å². The molecule has 0 radical (unpaired) electrons. The minimum Gasteiger partial charge on any atom is -0.497 e. The third kappa shape index (κ3) is 5.27. The third-order valence-corrected chi connectivity index (χ3v) is 4.04. The molecule has 0 saturated carbocycles. The van der Waals surface area contributed by atoms with Gasteiger partial charge < -0.3 is 14.3 Å². The van der Waals surface area contributed by atoms with Crippen LogP contribution in [0.2, 0.25) is 13.1 Å². The van der Waals surface area contributed by atoms with Gasteiger partial charge in [-0.1, -0.05) is 32.9 Å². The van der Waals surface area contributed by atoms with Gasteiger partial charge in [-0.3, -0.25) is 0 Å². The third-order valence-electron chi connectivity index (χ3n) is 3.20. The van der Waals surface area contributed by atoms with Crippen molar-refractivity contribution in [2.75, 3.05) is 7.11 Å². The second kappa shape index (κ2) is 7.25. The number of aliphatic hydroxyl groups excluding tert-OH is 1. The van der Waals surface area contributed by atoms with E-state index < -0.39 is 15.1 Å². The summed E-state index contributed by atoms with van der Waals surface area (Å²) >= 11 is 0. The lowest BCUT2D eigenvalue weighted by Gasteiger charge is -2.36. The van der Waals surface area contributed by atoms with Gasteiger partial charge in [0.25, 0.3) is 0 Å². The van der Waals surface area contributed by atoms with Gasteiger partial charge in [0.1, 0.15) is 5.75 Å². The molecule has 1 unspecified atom stereocenters. The number of methoxy groups -OCH3 is 1. The molecule has 0 aliphatic heterocycles. The molecule has 0 spiro atoms. The molecule has 1 N–H and O–H groups in total. The van der Waals surface area contributed by atoms with Crippen LogP contribution >= 0.6 is 0 Å². The van der Waals surface area contributed by atoms with E-state index in [1.165, 1.54) is 0 Å². The molecule has 0 saturated heterocycles. The van der Waals surface area contributed by atoms with Crippen LogP contribution in [0.4, 0.5) is 0 Å². The summed E-state index contributed by atoms with van der Waals surface area (Å²) in [5.41, 5.74) is 0.996. The van der Waals surface area contributed by atoms with Crippen LogP contribution in [0, 0.1) is 5.41 Å². The van der Waals surface area contributed by atoms with E-state index in [-0.39, 0.29) is 11.5 Å². The Kier molecular flexibility index (Phi) is 6.24. The van der Waals surface area contributed by atoms with Crippen LogP contribution in [0.1, 0.15) is 26.3 Å². The number of hydrogen-bond donors (Lipinski definition) is 1. The molecule has 0 amide bonds. The second-order valence-electron chi connectivity index (χ2n) is 6.59. The van der Waals surface area contributed by atoms with Gasteiger partial charge in [-0.2, -0.15) is 0 Å². The number of benzene rings is 1. The van der Waals surface area contributed by atoms with Crippen molar-refractivity contribution in [2.24, 2.45) is 5.41 Å². The Labute approximate surface area is 124 Å². The molecule has 1 aromatic rings. The average Bonchev–Trinajstić information content (AvgIpc) is 2.34. The van der Waals surface area contributed by atoms with Gasteiger partial charge in [0.2, 0.25) is 0 Å². The van der Waals surface area contributed by atoms with E-state index in [1.54, 1.807) is 7.11 Å². The average molecular weight is 296 g/mol. The predicted molar refractivity (Wildman–Crippen MR) is 85.9 cm³/mol. The van der Waals surface area contributed by atoms with Crippen molar-refractivity contribution >= 4 is 9.04 Å². The lowest BCUT2D eigenvalue weighted by Crippen LogP contribution is -2.43. The van der Waals surface area contributed by atoms with Crippen LogP contribution < -0.4 is 4.74 Å². The Bertz CT molecular complexity index is 412. The normalized spacial score (nSPS) is 15.2. The summed E-state index contributed by atoms with van der Waals surface area (Å²) in [6.45, 7) is 10.6. The highest BCUT2D eigenvalue weighted by atomic mass is 28.3. The first-order chi connectivity index (χ1) is 9.24. The van der Waals surface area contributed by atoms with Crippen LogP contribution in [0.5, 0.6) is 5.75 Å². The first-order valence-corrected chi connectivity index (χ1v) is 9.98.